The first kappa shape index (κ1) is 8.58. The van der Waals surface area contributed by atoms with Gasteiger partial charge in [0.2, 0.25) is 0 Å². The highest BCUT2D eigenvalue weighted by Crippen LogP contribution is 1.75. The van der Waals surface area contributed by atoms with Crippen LogP contribution in [0.5, 0.6) is 0 Å². The average molecular weight is 163 g/mol. The van der Waals surface area contributed by atoms with Crippen LogP contribution in [0.2, 0.25) is 0 Å². The SMILES string of the molecule is CN(C)C(=S)NC(N)=S. The van der Waals surface area contributed by atoms with Crippen molar-refractivity contribution >= 4 is 34.7 Å². The summed E-state index contributed by atoms with van der Waals surface area (Å²) < 4.78 is 0. The molecule has 0 aliphatic rings. The quantitative estimate of drug-likeness (QED) is 0.478. The first-order valence-electron chi connectivity index (χ1n) is 2.31. The Bertz CT molecular complexity index is 132. The smallest absolute Gasteiger partial charge is 0.174 e. The fraction of sp³-hybridized carbons (Fsp3) is 0.500. The summed E-state index contributed by atoms with van der Waals surface area (Å²) in [5, 5.41) is 3.34. The van der Waals surface area contributed by atoms with Crippen LogP contribution in [0.3, 0.4) is 0 Å². The van der Waals surface area contributed by atoms with Crippen molar-refractivity contribution in [1.82, 2.24) is 10.2 Å². The lowest BCUT2D eigenvalue weighted by molar-refractivity contribution is 0.620. The van der Waals surface area contributed by atoms with Crippen LogP contribution in [0.15, 0.2) is 0 Å². The summed E-state index contributed by atoms with van der Waals surface area (Å²) >= 11 is 9.34. The highest BCUT2D eigenvalue weighted by atomic mass is 32.1. The highest BCUT2D eigenvalue weighted by molar-refractivity contribution is 7.81. The minimum atomic E-state index is 0.203. The number of thiocarbonyl (C=S) groups is 2. The Kier molecular flexibility index (Phi) is 3.41. The largest absolute Gasteiger partial charge is 0.376 e. The zero-order valence-corrected chi connectivity index (χ0v) is 6.97. The molecule has 52 valence electrons. The van der Waals surface area contributed by atoms with Gasteiger partial charge in [-0.15, -0.1) is 0 Å². The summed E-state index contributed by atoms with van der Waals surface area (Å²) in [6.07, 6.45) is 0. The van der Waals surface area contributed by atoms with E-state index in [1.54, 1.807) is 4.90 Å². The summed E-state index contributed by atoms with van der Waals surface area (Å²) in [4.78, 5) is 1.72. The Labute approximate surface area is 65.2 Å². The zero-order valence-electron chi connectivity index (χ0n) is 5.34. The Morgan fingerprint density at radius 3 is 2.00 bits per heavy atom. The predicted octanol–water partition coefficient (Wildman–Crippen LogP) is -0.334. The zero-order chi connectivity index (χ0) is 7.44. The van der Waals surface area contributed by atoms with Crippen LogP contribution in [0.1, 0.15) is 0 Å². The van der Waals surface area contributed by atoms with Crippen molar-refractivity contribution in [2.45, 2.75) is 0 Å². The molecule has 0 aromatic rings. The minimum absolute atomic E-state index is 0.203. The lowest BCUT2D eigenvalue weighted by atomic mass is 10.8. The summed E-state index contributed by atoms with van der Waals surface area (Å²) in [6.45, 7) is 0. The number of nitrogens with one attached hydrogen (secondary N) is 1. The van der Waals surface area contributed by atoms with Crippen molar-refractivity contribution in [1.29, 1.82) is 0 Å². The lowest BCUT2D eigenvalue weighted by Crippen LogP contribution is -2.41. The van der Waals surface area contributed by atoms with Crippen LogP contribution in [-0.4, -0.2) is 29.2 Å². The number of rotatable bonds is 0. The van der Waals surface area contributed by atoms with Gasteiger partial charge in [0.25, 0.3) is 0 Å². The molecule has 0 amide bonds. The van der Waals surface area contributed by atoms with Crippen molar-refractivity contribution in [2.75, 3.05) is 14.1 Å². The van der Waals surface area contributed by atoms with Crippen molar-refractivity contribution < 1.29 is 0 Å². The maximum atomic E-state index is 5.14. The summed E-state index contributed by atoms with van der Waals surface area (Å²) in [5.74, 6) is 0. The molecule has 0 aromatic heterocycles. The van der Waals surface area contributed by atoms with Gasteiger partial charge in [-0.05, 0) is 24.4 Å². The molecular formula is C4H9N3S2. The Balaban J connectivity index is 3.64. The monoisotopic (exact) mass is 163 g/mol. The first-order chi connectivity index (χ1) is 4.04. The van der Waals surface area contributed by atoms with E-state index in [1.807, 2.05) is 14.1 Å². The second-order valence-electron chi connectivity index (χ2n) is 1.69. The summed E-state index contributed by atoms with van der Waals surface area (Å²) in [6, 6.07) is 0. The van der Waals surface area contributed by atoms with E-state index in [-0.39, 0.29) is 5.11 Å². The van der Waals surface area contributed by atoms with Gasteiger partial charge in [-0.3, -0.25) is 0 Å². The minimum Gasteiger partial charge on any atom is -0.376 e. The molecule has 0 fully saturated rings. The van der Waals surface area contributed by atoms with Gasteiger partial charge < -0.3 is 16.0 Å². The van der Waals surface area contributed by atoms with Gasteiger partial charge in [-0.25, -0.2) is 0 Å². The molecule has 0 rings (SSSR count). The molecule has 0 aliphatic heterocycles. The number of hydrogen-bond acceptors (Lipinski definition) is 2. The van der Waals surface area contributed by atoms with E-state index in [1.165, 1.54) is 0 Å². The van der Waals surface area contributed by atoms with Crippen molar-refractivity contribution in [3.63, 3.8) is 0 Å². The van der Waals surface area contributed by atoms with Crippen molar-refractivity contribution in [3.8, 4) is 0 Å². The van der Waals surface area contributed by atoms with Crippen LogP contribution >= 0.6 is 24.4 Å². The maximum Gasteiger partial charge on any atom is 0.174 e. The Hall–Kier alpha value is -0.420. The standard InChI is InChI=1S/C4H9N3S2/c1-7(2)4(9)6-3(5)8/h1-2H3,(H3,5,6,8,9). The molecule has 0 unspecified atom stereocenters. The molecule has 0 bridgehead atoms. The van der Waals surface area contributed by atoms with Gasteiger partial charge in [0.05, 0.1) is 0 Å². The lowest BCUT2D eigenvalue weighted by Gasteiger charge is -2.13. The molecule has 3 nitrogen and oxygen atoms in total. The summed E-state index contributed by atoms with van der Waals surface area (Å²) in [5.41, 5.74) is 5.14. The predicted molar refractivity (Wildman–Crippen MR) is 46.2 cm³/mol. The molecule has 0 saturated carbocycles. The Morgan fingerprint density at radius 2 is 1.89 bits per heavy atom. The van der Waals surface area contributed by atoms with Crippen LogP contribution in [0.25, 0.3) is 0 Å². The van der Waals surface area contributed by atoms with E-state index < -0.39 is 0 Å². The maximum absolute atomic E-state index is 5.14. The van der Waals surface area contributed by atoms with Crippen LogP contribution in [0.4, 0.5) is 0 Å². The first-order valence-corrected chi connectivity index (χ1v) is 3.13. The highest BCUT2D eigenvalue weighted by Gasteiger charge is 1.95. The van der Waals surface area contributed by atoms with Gasteiger partial charge >= 0.3 is 0 Å². The third-order valence-corrected chi connectivity index (χ3v) is 1.21. The third kappa shape index (κ3) is 4.11. The van der Waals surface area contributed by atoms with E-state index in [9.17, 15) is 0 Å². The molecule has 9 heavy (non-hydrogen) atoms. The van der Waals surface area contributed by atoms with Gasteiger partial charge in [0.15, 0.2) is 10.2 Å². The van der Waals surface area contributed by atoms with Gasteiger partial charge in [0, 0.05) is 14.1 Å². The van der Waals surface area contributed by atoms with Gasteiger partial charge in [0.1, 0.15) is 0 Å². The van der Waals surface area contributed by atoms with Crippen LogP contribution < -0.4 is 11.1 Å². The second-order valence-corrected chi connectivity index (χ2v) is 2.52. The van der Waals surface area contributed by atoms with Crippen LogP contribution in [-0.2, 0) is 0 Å². The molecule has 0 aromatic carbocycles. The molecule has 0 spiro atoms. The topological polar surface area (TPSA) is 41.3 Å². The number of nitrogens with two attached hydrogens (primary N) is 1. The molecule has 0 aliphatic carbocycles. The number of hydrogen-bond donors (Lipinski definition) is 2. The Morgan fingerprint density at radius 1 is 1.44 bits per heavy atom. The fourth-order valence-corrected chi connectivity index (χ4v) is 0.488. The van der Waals surface area contributed by atoms with E-state index in [2.05, 4.69) is 17.5 Å². The number of nitrogens with zero attached hydrogens (tertiary/aromatic N) is 1. The molecular weight excluding hydrogens is 154 g/mol. The molecule has 0 atom stereocenters. The van der Waals surface area contributed by atoms with Gasteiger partial charge in [-0.1, -0.05) is 0 Å². The van der Waals surface area contributed by atoms with E-state index in [4.69, 9.17) is 18.0 Å². The fourth-order valence-electron chi connectivity index (χ4n) is 0.217. The van der Waals surface area contributed by atoms with E-state index >= 15 is 0 Å². The summed E-state index contributed by atoms with van der Waals surface area (Å²) in [7, 11) is 3.63. The van der Waals surface area contributed by atoms with E-state index in [0.717, 1.165) is 0 Å². The second kappa shape index (κ2) is 3.58. The molecule has 0 saturated heterocycles. The van der Waals surface area contributed by atoms with Crippen molar-refractivity contribution in [2.24, 2.45) is 5.73 Å². The van der Waals surface area contributed by atoms with Gasteiger partial charge in [-0.2, -0.15) is 0 Å². The molecule has 5 heteroatoms. The third-order valence-electron chi connectivity index (χ3n) is 0.636. The van der Waals surface area contributed by atoms with Crippen LogP contribution in [0, 0.1) is 0 Å². The average Bonchev–Trinajstić information content (AvgIpc) is 1.63. The molecule has 0 radical (unpaired) electrons. The molecule has 3 N–H and O–H groups in total. The van der Waals surface area contributed by atoms with E-state index in [0.29, 0.717) is 5.11 Å². The molecule has 0 heterocycles. The van der Waals surface area contributed by atoms with Crippen molar-refractivity contribution in [3.05, 3.63) is 0 Å². The normalized spacial score (nSPS) is 8.22.